The molecule has 0 bridgehead atoms. The third-order valence-corrected chi connectivity index (χ3v) is 6.57. The van der Waals surface area contributed by atoms with Crippen molar-refractivity contribution in [3.05, 3.63) is 126 Å². The first-order valence-electron chi connectivity index (χ1n) is 14.3. The zero-order valence-corrected chi connectivity index (χ0v) is 24.5. The molecule has 0 saturated heterocycles. The molecule has 0 fully saturated rings. The van der Waals surface area contributed by atoms with Crippen molar-refractivity contribution in [1.29, 1.82) is 0 Å². The molecule has 0 aliphatic heterocycles. The number of hydrogen-bond acceptors (Lipinski definition) is 7. The molecule has 0 radical (unpaired) electrons. The lowest BCUT2D eigenvalue weighted by atomic mass is 10.00. The van der Waals surface area contributed by atoms with E-state index in [0.29, 0.717) is 47.0 Å². The Kier molecular flexibility index (Phi) is 11.8. The number of benzene rings is 4. The molecule has 0 spiro atoms. The topological polar surface area (TPSA) is 132 Å². The number of carbonyl (C=O) groups is 2. The van der Waals surface area contributed by atoms with Gasteiger partial charge in [0.25, 0.3) is 0 Å². The maximum atomic E-state index is 13.1. The van der Waals surface area contributed by atoms with Crippen molar-refractivity contribution in [2.24, 2.45) is 0 Å². The zero-order chi connectivity index (χ0) is 31.1. The maximum absolute atomic E-state index is 13.1. The van der Waals surface area contributed by atoms with Gasteiger partial charge in [-0.15, -0.1) is 0 Å². The highest BCUT2D eigenvalue weighted by atomic mass is 16.6. The van der Waals surface area contributed by atoms with Crippen LogP contribution in [0.15, 0.2) is 115 Å². The number of para-hydroxylation sites is 3. The summed E-state index contributed by atoms with van der Waals surface area (Å²) in [6.45, 7) is 2.02. The summed E-state index contributed by atoms with van der Waals surface area (Å²) >= 11 is 0. The van der Waals surface area contributed by atoms with Crippen LogP contribution in [0.25, 0.3) is 0 Å². The van der Waals surface area contributed by atoms with Crippen molar-refractivity contribution in [2.45, 2.75) is 32.0 Å². The highest BCUT2D eigenvalue weighted by Crippen LogP contribution is 2.30. The van der Waals surface area contributed by atoms with Crippen molar-refractivity contribution in [2.75, 3.05) is 29.6 Å². The van der Waals surface area contributed by atoms with Crippen molar-refractivity contribution in [3.63, 3.8) is 0 Å². The fourth-order valence-corrected chi connectivity index (χ4v) is 4.36. The summed E-state index contributed by atoms with van der Waals surface area (Å²) < 4.78 is 17.9. The minimum absolute atomic E-state index is 0.107. The second kappa shape index (κ2) is 16.4. The fourth-order valence-electron chi connectivity index (χ4n) is 4.36. The first-order chi connectivity index (χ1) is 21.4. The van der Waals surface area contributed by atoms with E-state index in [9.17, 15) is 9.59 Å². The Labute approximate surface area is 257 Å². The number of aliphatic hydroxyl groups excluding tert-OH is 1. The Morgan fingerprint density at radius 3 is 2.27 bits per heavy atom. The van der Waals surface area contributed by atoms with Gasteiger partial charge in [-0.2, -0.15) is 0 Å². The van der Waals surface area contributed by atoms with E-state index < -0.39 is 18.3 Å². The Balaban J connectivity index is 1.54. The van der Waals surface area contributed by atoms with Gasteiger partial charge >= 0.3 is 6.09 Å². The third-order valence-electron chi connectivity index (χ3n) is 6.57. The molecule has 4 aromatic rings. The molecule has 9 heteroatoms. The van der Waals surface area contributed by atoms with E-state index in [2.05, 4.69) is 10.6 Å². The summed E-state index contributed by atoms with van der Waals surface area (Å²) in [5.41, 5.74) is 9.29. The molecule has 2 atom stereocenters. The third kappa shape index (κ3) is 9.92. The minimum atomic E-state index is -0.820. The number of nitrogens with two attached hydrogens (primary N) is 1. The molecule has 228 valence electrons. The Bertz CT molecular complexity index is 1510. The van der Waals surface area contributed by atoms with Gasteiger partial charge in [0.1, 0.15) is 24.2 Å². The van der Waals surface area contributed by atoms with Gasteiger partial charge in [0.15, 0.2) is 6.10 Å². The second-order valence-electron chi connectivity index (χ2n) is 9.98. The molecule has 2 amide bonds. The number of carbonyl (C=O) groups excluding carboxylic acids is 2. The lowest BCUT2D eigenvalue weighted by molar-refractivity contribution is -0.111. The van der Waals surface area contributed by atoms with E-state index in [1.54, 1.807) is 66.7 Å². The molecule has 4 rings (SSSR count). The predicted octanol–water partition coefficient (Wildman–Crippen LogP) is 6.66. The molecule has 0 saturated carbocycles. The van der Waals surface area contributed by atoms with Crippen LogP contribution in [0, 0.1) is 6.92 Å². The van der Waals surface area contributed by atoms with Crippen molar-refractivity contribution in [3.8, 4) is 11.5 Å². The first kappa shape index (κ1) is 31.7. The zero-order valence-electron chi connectivity index (χ0n) is 24.5. The van der Waals surface area contributed by atoms with Gasteiger partial charge in [-0.3, -0.25) is 10.1 Å². The number of amides is 2. The second-order valence-corrected chi connectivity index (χ2v) is 9.98. The Morgan fingerprint density at radius 2 is 1.57 bits per heavy atom. The average Bonchev–Trinajstić information content (AvgIpc) is 3.03. The van der Waals surface area contributed by atoms with E-state index in [4.69, 9.17) is 25.1 Å². The number of allylic oxidation sites excluding steroid dienone is 1. The molecule has 0 unspecified atom stereocenters. The van der Waals surface area contributed by atoms with Crippen LogP contribution in [0.2, 0.25) is 0 Å². The molecular formula is C35H37N3O6. The van der Waals surface area contributed by atoms with E-state index in [-0.39, 0.29) is 19.1 Å². The molecular weight excluding hydrogens is 558 g/mol. The average molecular weight is 596 g/mol. The molecule has 5 N–H and O–H groups in total. The number of aryl methyl sites for hydroxylation is 1. The van der Waals surface area contributed by atoms with Gasteiger partial charge in [-0.25, -0.2) is 4.79 Å². The Morgan fingerprint density at radius 1 is 0.864 bits per heavy atom. The first-order valence-corrected chi connectivity index (χ1v) is 14.3. The van der Waals surface area contributed by atoms with Crippen molar-refractivity contribution < 1.29 is 28.9 Å². The SMILES string of the molecule is Cc1ccc(NC(=O)O[C@H](c2ccc(OCCO)cc2)[C@@H](CC/C=C/C(=O)Nc2ccccc2N)Oc2ccccc2)cc1. The van der Waals surface area contributed by atoms with Crippen LogP contribution < -0.4 is 25.8 Å². The lowest BCUT2D eigenvalue weighted by Gasteiger charge is -2.28. The number of ether oxygens (including phenoxy) is 3. The van der Waals surface area contributed by atoms with Crippen LogP contribution in [0.1, 0.15) is 30.1 Å². The molecule has 9 nitrogen and oxygen atoms in total. The van der Waals surface area contributed by atoms with E-state index in [1.807, 2.05) is 49.4 Å². The maximum Gasteiger partial charge on any atom is 0.412 e. The highest BCUT2D eigenvalue weighted by Gasteiger charge is 2.29. The number of hydrogen-bond donors (Lipinski definition) is 4. The van der Waals surface area contributed by atoms with E-state index >= 15 is 0 Å². The van der Waals surface area contributed by atoms with Crippen LogP contribution in [0.3, 0.4) is 0 Å². The number of anilines is 3. The van der Waals surface area contributed by atoms with Gasteiger partial charge < -0.3 is 30.4 Å². The summed E-state index contributed by atoms with van der Waals surface area (Å²) in [6.07, 6.45) is 1.96. The Hall–Kier alpha value is -5.28. The molecule has 0 aliphatic rings. The van der Waals surface area contributed by atoms with E-state index in [1.165, 1.54) is 6.08 Å². The van der Waals surface area contributed by atoms with Crippen molar-refractivity contribution >= 4 is 29.1 Å². The summed E-state index contributed by atoms with van der Waals surface area (Å²) in [5.74, 6) is 0.862. The summed E-state index contributed by atoms with van der Waals surface area (Å²) in [5, 5.41) is 14.7. The quantitative estimate of drug-likeness (QED) is 0.0947. The van der Waals surface area contributed by atoms with Gasteiger partial charge in [0.2, 0.25) is 5.91 Å². The molecule has 44 heavy (non-hydrogen) atoms. The summed E-state index contributed by atoms with van der Waals surface area (Å²) in [7, 11) is 0. The number of rotatable bonds is 14. The van der Waals surface area contributed by atoms with Gasteiger partial charge in [-0.05, 0) is 79.9 Å². The van der Waals surface area contributed by atoms with Crippen LogP contribution >= 0.6 is 0 Å². The van der Waals surface area contributed by atoms with Crippen LogP contribution in [-0.2, 0) is 9.53 Å². The lowest BCUT2D eigenvalue weighted by Crippen LogP contribution is -2.31. The van der Waals surface area contributed by atoms with Crippen molar-refractivity contribution in [1.82, 2.24) is 0 Å². The largest absolute Gasteiger partial charge is 0.491 e. The number of aliphatic hydroxyl groups is 1. The minimum Gasteiger partial charge on any atom is -0.491 e. The fraction of sp³-hybridized carbons (Fsp3) is 0.200. The normalized spacial score (nSPS) is 12.2. The predicted molar refractivity (Wildman–Crippen MR) is 172 cm³/mol. The van der Waals surface area contributed by atoms with Gasteiger partial charge in [0.05, 0.1) is 18.0 Å². The highest BCUT2D eigenvalue weighted by molar-refractivity contribution is 6.01. The molecule has 0 aromatic heterocycles. The van der Waals surface area contributed by atoms with Crippen LogP contribution in [0.4, 0.5) is 21.9 Å². The summed E-state index contributed by atoms with van der Waals surface area (Å²) in [4.78, 5) is 25.7. The van der Waals surface area contributed by atoms with Gasteiger partial charge in [-0.1, -0.05) is 66.2 Å². The number of nitrogens with one attached hydrogen (secondary N) is 2. The molecule has 0 heterocycles. The van der Waals surface area contributed by atoms with Gasteiger partial charge in [0, 0.05) is 5.69 Å². The molecule has 4 aromatic carbocycles. The van der Waals surface area contributed by atoms with Crippen LogP contribution in [0.5, 0.6) is 11.5 Å². The van der Waals surface area contributed by atoms with E-state index in [0.717, 1.165) is 5.56 Å². The standard InChI is InChI=1S/C35H37N3O6/c1-25-15-19-27(20-16-25)37-35(41)44-34(26-17-21-28(22-18-26)42-24-23-39)32(43-29-9-3-2-4-10-29)13-7-8-14-33(40)38-31-12-6-5-11-30(31)36/h2-6,8-12,14-22,32,34,39H,7,13,23-24,36H2,1H3,(H,37,41)(H,38,40)/b14-8+/t32-,34-/m1/s1. The monoisotopic (exact) mass is 595 g/mol. The smallest absolute Gasteiger partial charge is 0.412 e. The van der Waals surface area contributed by atoms with Crippen LogP contribution in [-0.4, -0.2) is 36.4 Å². The molecule has 0 aliphatic carbocycles. The number of nitrogen functional groups attached to an aromatic ring is 1. The summed E-state index contributed by atoms with van der Waals surface area (Å²) in [6, 6.07) is 30.8.